The van der Waals surface area contributed by atoms with Gasteiger partial charge in [-0.25, -0.2) is 4.79 Å². The summed E-state index contributed by atoms with van der Waals surface area (Å²) < 4.78 is 17.3. The predicted molar refractivity (Wildman–Crippen MR) is 239 cm³/mol. The summed E-state index contributed by atoms with van der Waals surface area (Å²) in [6, 6.07) is -0.608. The fourth-order valence-electron chi connectivity index (χ4n) is 7.68. The molecule has 0 heterocycles. The van der Waals surface area contributed by atoms with Crippen molar-refractivity contribution in [3.8, 4) is 0 Å². The predicted octanol–water partition coefficient (Wildman–Crippen LogP) is 13.7. The Balaban J connectivity index is 4.15. The monoisotopic (exact) mass is 811 g/mol. The number of ether oxygens (including phenoxy) is 3. The van der Waals surface area contributed by atoms with E-state index in [0.717, 1.165) is 38.5 Å². The maximum atomic E-state index is 12.7. The zero-order chi connectivity index (χ0) is 42.1. The van der Waals surface area contributed by atoms with Gasteiger partial charge in [0.25, 0.3) is 0 Å². The van der Waals surface area contributed by atoms with E-state index < -0.39 is 18.1 Å². The minimum Gasteiger partial charge on any atom is -0.477 e. The van der Waals surface area contributed by atoms with Gasteiger partial charge >= 0.3 is 17.9 Å². The number of likely N-dealkylation sites (N-methyl/N-ethyl adjacent to an activating group) is 1. The van der Waals surface area contributed by atoms with Gasteiger partial charge in [0.05, 0.1) is 34.4 Å². The molecule has 2 unspecified atom stereocenters. The maximum Gasteiger partial charge on any atom is 0.362 e. The fraction of sp³-hybridized carbons (Fsp3) is 0.939. The number of unbranched alkanes of at least 4 members (excludes halogenated alkanes) is 31. The normalized spacial score (nSPS) is 12.8. The summed E-state index contributed by atoms with van der Waals surface area (Å²) in [5.41, 5.74) is 0. The van der Waals surface area contributed by atoms with Gasteiger partial charge in [-0.1, -0.05) is 213 Å². The van der Waals surface area contributed by atoms with Crippen LogP contribution in [0.4, 0.5) is 0 Å². The van der Waals surface area contributed by atoms with Gasteiger partial charge in [0.2, 0.25) is 0 Å². The maximum absolute atomic E-state index is 12.7. The first-order valence-corrected chi connectivity index (χ1v) is 24.6. The molecular formula is C49H96NO7+. The van der Waals surface area contributed by atoms with E-state index >= 15 is 0 Å². The minimum atomic E-state index is -0.870. The lowest BCUT2D eigenvalue weighted by Crippen LogP contribution is -2.50. The van der Waals surface area contributed by atoms with E-state index in [1.165, 1.54) is 173 Å². The number of quaternary nitrogens is 1. The lowest BCUT2D eigenvalue weighted by molar-refractivity contribution is -0.887. The molecule has 1 N–H and O–H groups in total. The van der Waals surface area contributed by atoms with Gasteiger partial charge in [-0.15, -0.1) is 0 Å². The summed E-state index contributed by atoms with van der Waals surface area (Å²) in [6.45, 7) is 4.78. The van der Waals surface area contributed by atoms with Crippen LogP contribution in [0.3, 0.4) is 0 Å². The molecule has 0 aromatic rings. The van der Waals surface area contributed by atoms with Gasteiger partial charge < -0.3 is 23.8 Å². The van der Waals surface area contributed by atoms with Crippen molar-refractivity contribution in [2.45, 2.75) is 257 Å². The molecule has 8 nitrogen and oxygen atoms in total. The molecule has 0 aliphatic carbocycles. The van der Waals surface area contributed by atoms with E-state index in [9.17, 15) is 19.5 Å². The largest absolute Gasteiger partial charge is 0.477 e. The Kier molecular flexibility index (Phi) is 39.9. The van der Waals surface area contributed by atoms with Crippen LogP contribution in [-0.2, 0) is 28.6 Å². The lowest BCUT2D eigenvalue weighted by atomic mass is 10.0. The van der Waals surface area contributed by atoms with Crippen molar-refractivity contribution >= 4 is 17.9 Å². The molecule has 8 heteroatoms. The highest BCUT2D eigenvalue weighted by Crippen LogP contribution is 2.17. The van der Waals surface area contributed by atoms with E-state index in [1.807, 2.05) is 21.1 Å². The summed E-state index contributed by atoms with van der Waals surface area (Å²) in [5.74, 6) is -1.44. The molecule has 0 aliphatic rings. The van der Waals surface area contributed by atoms with Crippen molar-refractivity contribution < 1.29 is 38.2 Å². The molecule has 2 atom stereocenters. The van der Waals surface area contributed by atoms with E-state index in [1.54, 1.807) is 0 Å². The van der Waals surface area contributed by atoms with E-state index in [4.69, 9.17) is 14.2 Å². The topological polar surface area (TPSA) is 99.1 Å². The van der Waals surface area contributed by atoms with Gasteiger partial charge in [-0.05, 0) is 12.8 Å². The van der Waals surface area contributed by atoms with Gasteiger partial charge in [-0.3, -0.25) is 9.59 Å². The molecule has 338 valence electrons. The number of carbonyl (C=O) groups is 3. The zero-order valence-corrected chi connectivity index (χ0v) is 38.6. The molecule has 0 saturated carbocycles. The van der Waals surface area contributed by atoms with Crippen LogP contribution in [0, 0.1) is 0 Å². The number of carbonyl (C=O) groups excluding carboxylic acids is 2. The lowest BCUT2D eigenvalue weighted by Gasteiger charge is -2.31. The highest BCUT2D eigenvalue weighted by Gasteiger charge is 2.31. The molecule has 0 rings (SSSR count). The van der Waals surface area contributed by atoms with Crippen LogP contribution in [0.5, 0.6) is 0 Å². The third-order valence-corrected chi connectivity index (χ3v) is 11.5. The van der Waals surface area contributed by atoms with Crippen molar-refractivity contribution in [2.75, 3.05) is 41.0 Å². The Morgan fingerprint density at radius 1 is 0.456 bits per heavy atom. The molecule has 0 saturated heterocycles. The fourth-order valence-corrected chi connectivity index (χ4v) is 7.68. The molecule has 0 aliphatic heterocycles. The Bertz CT molecular complexity index is 905. The number of hydrogen-bond acceptors (Lipinski definition) is 6. The molecule has 57 heavy (non-hydrogen) atoms. The third kappa shape index (κ3) is 39.6. The van der Waals surface area contributed by atoms with Gasteiger partial charge in [0.1, 0.15) is 6.61 Å². The average Bonchev–Trinajstić information content (AvgIpc) is 3.17. The van der Waals surface area contributed by atoms with Gasteiger partial charge in [-0.2, -0.15) is 0 Å². The molecule has 0 amide bonds. The number of carboxylic acids is 1. The van der Waals surface area contributed by atoms with Crippen LogP contribution >= 0.6 is 0 Å². The first-order valence-electron chi connectivity index (χ1n) is 24.6. The van der Waals surface area contributed by atoms with E-state index in [0.29, 0.717) is 19.3 Å². The second-order valence-corrected chi connectivity index (χ2v) is 18.1. The summed E-state index contributed by atoms with van der Waals surface area (Å²) in [6.07, 6.45) is 42.9. The van der Waals surface area contributed by atoms with Crippen molar-refractivity contribution in [2.24, 2.45) is 0 Å². The molecule has 0 fully saturated rings. The Hall–Kier alpha value is -1.67. The van der Waals surface area contributed by atoms with Crippen LogP contribution in [-0.4, -0.2) is 80.6 Å². The number of esters is 2. The van der Waals surface area contributed by atoms with Gasteiger partial charge in [0, 0.05) is 19.3 Å². The highest BCUT2D eigenvalue weighted by molar-refractivity contribution is 5.72. The van der Waals surface area contributed by atoms with Crippen molar-refractivity contribution in [1.82, 2.24) is 0 Å². The summed E-state index contributed by atoms with van der Waals surface area (Å²) in [4.78, 5) is 37.0. The number of rotatable bonds is 45. The standard InChI is InChI=1S/C49H95NO7/c1-6-8-10-12-14-16-18-20-21-22-23-24-25-26-27-28-30-31-33-35-37-39-47(51)56-44-45(43-55-42-41-46(49(53)54)50(3,4)5)57-48(52)40-38-36-34-32-29-19-17-15-13-11-9-7-2/h45-46H,6-44H2,1-5H3/p+1. The first-order chi connectivity index (χ1) is 27.6. The Morgan fingerprint density at radius 3 is 1.09 bits per heavy atom. The Morgan fingerprint density at radius 2 is 0.772 bits per heavy atom. The highest BCUT2D eigenvalue weighted by atomic mass is 16.6. The molecule has 0 radical (unpaired) electrons. The second-order valence-electron chi connectivity index (χ2n) is 18.1. The van der Waals surface area contributed by atoms with E-state index in [2.05, 4.69) is 13.8 Å². The van der Waals surface area contributed by atoms with Crippen molar-refractivity contribution in [3.05, 3.63) is 0 Å². The molecule has 0 aromatic carbocycles. The number of nitrogens with zero attached hydrogens (tertiary/aromatic N) is 1. The van der Waals surface area contributed by atoms with Gasteiger partial charge in [0.15, 0.2) is 12.1 Å². The first kappa shape index (κ1) is 55.3. The molecular weight excluding hydrogens is 715 g/mol. The van der Waals surface area contributed by atoms with Crippen molar-refractivity contribution in [1.29, 1.82) is 0 Å². The smallest absolute Gasteiger partial charge is 0.362 e. The second kappa shape index (κ2) is 41.1. The minimum absolute atomic E-state index is 0.0417. The SMILES string of the molecule is CCCCCCCCCCCCCCCCCCCCCCCC(=O)OCC(COCCC(C(=O)O)[N+](C)(C)C)OC(=O)CCCCCCCCCCCCCC. The van der Waals surface area contributed by atoms with Crippen LogP contribution in [0.1, 0.15) is 245 Å². The summed E-state index contributed by atoms with van der Waals surface area (Å²) in [7, 11) is 5.54. The molecule has 0 spiro atoms. The van der Waals surface area contributed by atoms with Crippen molar-refractivity contribution in [3.63, 3.8) is 0 Å². The Labute approximate surface area is 353 Å². The summed E-state index contributed by atoms with van der Waals surface area (Å²) in [5, 5.41) is 9.63. The third-order valence-electron chi connectivity index (χ3n) is 11.5. The van der Waals surface area contributed by atoms with E-state index in [-0.39, 0.29) is 36.2 Å². The van der Waals surface area contributed by atoms with Crippen LogP contribution in [0.2, 0.25) is 0 Å². The number of hydrogen-bond donors (Lipinski definition) is 1. The summed E-state index contributed by atoms with van der Waals surface area (Å²) >= 11 is 0. The van der Waals surface area contributed by atoms with Crippen LogP contribution in [0.25, 0.3) is 0 Å². The quantitative estimate of drug-likeness (QED) is 0.0371. The average molecular weight is 811 g/mol. The van der Waals surface area contributed by atoms with Crippen LogP contribution in [0.15, 0.2) is 0 Å². The molecule has 0 aromatic heterocycles. The number of aliphatic carboxylic acids is 1. The molecule has 0 bridgehead atoms. The van der Waals surface area contributed by atoms with Crippen LogP contribution < -0.4 is 0 Å². The number of carboxylic acid groups (broad SMARTS) is 1. The zero-order valence-electron chi connectivity index (χ0n) is 38.6.